The number of halogens is 2. The fraction of sp³-hybridized carbons (Fsp3) is 0.333. The zero-order chi connectivity index (χ0) is 44.2. The SMILES string of the molecule is Cc1sc2c(c1C)C(c1ccc(N3CCN(CCN4CC(Oc5ccc(C6=C(c7ccc(Cl)cc7Cl)CCCc7cc(C(=O)O)ccc76)cc5)C4)CC3)cc1)=N[C@@H](C)c1nnc(C)n1-2. The maximum atomic E-state index is 11.9. The lowest BCUT2D eigenvalue weighted by Gasteiger charge is -2.41. The first-order valence-corrected chi connectivity index (χ1v) is 23.8. The average molecular weight is 913 g/mol. The van der Waals surface area contributed by atoms with Gasteiger partial charge in [0, 0.05) is 84.1 Å². The highest BCUT2D eigenvalue weighted by Crippen LogP contribution is 2.43. The number of likely N-dealkylation sites (tertiary alicyclic amines) is 1. The molecule has 10 nitrogen and oxygen atoms in total. The first kappa shape index (κ1) is 42.6. The summed E-state index contributed by atoms with van der Waals surface area (Å²) in [5, 5.41) is 21.0. The number of piperazine rings is 1. The molecule has 0 spiro atoms. The van der Waals surface area contributed by atoms with Crippen molar-refractivity contribution in [3.05, 3.63) is 156 Å². The predicted octanol–water partition coefficient (Wildman–Crippen LogP) is 10.4. The third-order valence-corrected chi connectivity index (χ3v) is 15.1. The Labute approximate surface area is 388 Å². The van der Waals surface area contributed by atoms with Crippen molar-refractivity contribution in [1.82, 2.24) is 24.6 Å². The Morgan fingerprint density at radius 2 is 1.55 bits per heavy atom. The molecule has 0 saturated carbocycles. The van der Waals surface area contributed by atoms with Gasteiger partial charge < -0.3 is 14.7 Å². The second kappa shape index (κ2) is 17.6. The van der Waals surface area contributed by atoms with Gasteiger partial charge in [-0.2, -0.15) is 0 Å². The molecular weight excluding hydrogens is 862 g/mol. The molecule has 2 fully saturated rings. The van der Waals surface area contributed by atoms with E-state index in [4.69, 9.17) is 32.9 Å². The largest absolute Gasteiger partial charge is 0.488 e. The summed E-state index contributed by atoms with van der Waals surface area (Å²) in [6, 6.07) is 28.3. The van der Waals surface area contributed by atoms with Crippen LogP contribution in [0.15, 0.2) is 89.9 Å². The van der Waals surface area contributed by atoms with E-state index in [9.17, 15) is 9.90 Å². The Bertz CT molecular complexity index is 2820. The highest BCUT2D eigenvalue weighted by Gasteiger charge is 2.31. The van der Waals surface area contributed by atoms with Gasteiger partial charge in [0.25, 0.3) is 0 Å². The molecule has 64 heavy (non-hydrogen) atoms. The predicted molar refractivity (Wildman–Crippen MR) is 259 cm³/mol. The molecule has 6 aromatic rings. The van der Waals surface area contributed by atoms with Crippen LogP contribution in [0.4, 0.5) is 5.69 Å². The quantitative estimate of drug-likeness (QED) is 0.145. The van der Waals surface area contributed by atoms with Gasteiger partial charge in [0.2, 0.25) is 0 Å². The molecule has 0 radical (unpaired) electrons. The zero-order valence-electron chi connectivity index (χ0n) is 36.6. The minimum atomic E-state index is -0.922. The summed E-state index contributed by atoms with van der Waals surface area (Å²) in [4.78, 5) is 26.0. The lowest BCUT2D eigenvalue weighted by molar-refractivity contribution is 0.0140. The maximum Gasteiger partial charge on any atom is 0.335 e. The number of aliphatic imine (C=N–C) groups is 1. The fourth-order valence-electron chi connectivity index (χ4n) is 9.75. The van der Waals surface area contributed by atoms with E-state index in [1.807, 2.05) is 31.2 Å². The smallest absolute Gasteiger partial charge is 0.335 e. The summed E-state index contributed by atoms with van der Waals surface area (Å²) < 4.78 is 8.66. The molecule has 1 aliphatic carbocycles. The highest BCUT2D eigenvalue weighted by atomic mass is 35.5. The van der Waals surface area contributed by atoms with Gasteiger partial charge in [-0.25, -0.2) is 4.79 Å². The Hall–Kier alpha value is -5.30. The zero-order valence-corrected chi connectivity index (χ0v) is 38.9. The van der Waals surface area contributed by atoms with Crippen LogP contribution in [0.1, 0.15) is 91.6 Å². The Morgan fingerprint density at radius 3 is 2.28 bits per heavy atom. The number of anilines is 1. The van der Waals surface area contributed by atoms with Gasteiger partial charge in [-0.1, -0.05) is 59.6 Å². The van der Waals surface area contributed by atoms with Crippen LogP contribution in [-0.2, 0) is 6.42 Å². The summed E-state index contributed by atoms with van der Waals surface area (Å²) in [5.41, 5.74) is 12.4. The number of allylic oxidation sites excluding steroid dienone is 1. The number of benzene rings is 4. The molecule has 13 heteroatoms. The topological polar surface area (TPSA) is 99.3 Å². The van der Waals surface area contributed by atoms with E-state index in [0.717, 1.165) is 139 Å². The number of aromatic carboxylic acids is 1. The number of rotatable bonds is 10. The van der Waals surface area contributed by atoms with Crippen molar-refractivity contribution in [2.75, 3.05) is 57.3 Å². The van der Waals surface area contributed by atoms with Gasteiger partial charge in [-0.3, -0.25) is 19.4 Å². The normalized spacial score (nSPS) is 18.1. The van der Waals surface area contributed by atoms with Crippen molar-refractivity contribution in [1.29, 1.82) is 0 Å². The van der Waals surface area contributed by atoms with Crippen molar-refractivity contribution < 1.29 is 14.6 Å². The third-order valence-electron chi connectivity index (χ3n) is 13.4. The van der Waals surface area contributed by atoms with Crippen LogP contribution in [0, 0.1) is 20.8 Å². The number of hydrogen-bond acceptors (Lipinski definition) is 9. The lowest BCUT2D eigenvalue weighted by atomic mass is 9.87. The van der Waals surface area contributed by atoms with E-state index in [0.29, 0.717) is 15.6 Å². The second-order valence-electron chi connectivity index (χ2n) is 17.5. The van der Waals surface area contributed by atoms with Gasteiger partial charge in [-0.05, 0) is 134 Å². The number of aromatic nitrogens is 3. The van der Waals surface area contributed by atoms with Gasteiger partial charge in [0.15, 0.2) is 5.82 Å². The number of hydrogen-bond donors (Lipinski definition) is 1. The van der Waals surface area contributed by atoms with Crippen LogP contribution < -0.4 is 9.64 Å². The van der Waals surface area contributed by atoms with Gasteiger partial charge >= 0.3 is 5.97 Å². The molecule has 0 unspecified atom stereocenters. The van der Waals surface area contributed by atoms with Crippen LogP contribution in [0.5, 0.6) is 5.75 Å². The number of nitrogens with zero attached hydrogens (tertiary/aromatic N) is 7. The number of carbonyl (C=O) groups is 1. The van der Waals surface area contributed by atoms with Crippen molar-refractivity contribution in [2.24, 2.45) is 4.99 Å². The molecule has 1 atom stereocenters. The summed E-state index contributed by atoms with van der Waals surface area (Å²) in [6.45, 7) is 16.5. The Balaban J connectivity index is 0.736. The van der Waals surface area contributed by atoms with Crippen molar-refractivity contribution in [3.8, 4) is 10.8 Å². The molecule has 4 aliphatic rings. The van der Waals surface area contributed by atoms with E-state index < -0.39 is 5.97 Å². The Morgan fingerprint density at radius 1 is 0.828 bits per heavy atom. The fourth-order valence-corrected chi connectivity index (χ4v) is 11.5. The molecule has 10 rings (SSSR count). The summed E-state index contributed by atoms with van der Waals surface area (Å²) in [5.74, 6) is 1.71. The number of carboxylic acids is 1. The summed E-state index contributed by atoms with van der Waals surface area (Å²) >= 11 is 14.9. The first-order chi connectivity index (χ1) is 31.0. The molecular formula is C51H51Cl2N7O3S. The minimum Gasteiger partial charge on any atom is -0.488 e. The molecule has 5 heterocycles. The molecule has 0 bridgehead atoms. The van der Waals surface area contributed by atoms with E-state index in [1.54, 1.807) is 23.5 Å². The number of ether oxygens (including phenoxy) is 1. The molecule has 2 aromatic heterocycles. The lowest BCUT2D eigenvalue weighted by Crippen LogP contribution is -2.56. The van der Waals surface area contributed by atoms with E-state index >= 15 is 0 Å². The van der Waals surface area contributed by atoms with Crippen LogP contribution in [0.2, 0.25) is 10.0 Å². The number of thiophene rings is 1. The van der Waals surface area contributed by atoms with Gasteiger partial charge in [-0.15, -0.1) is 21.5 Å². The minimum absolute atomic E-state index is 0.0954. The summed E-state index contributed by atoms with van der Waals surface area (Å²) in [7, 11) is 0. The van der Waals surface area contributed by atoms with E-state index in [2.05, 4.69) is 98.8 Å². The number of fused-ring (bicyclic) bond motifs is 4. The van der Waals surface area contributed by atoms with Crippen LogP contribution >= 0.6 is 34.5 Å². The van der Waals surface area contributed by atoms with Crippen molar-refractivity contribution in [3.63, 3.8) is 0 Å². The van der Waals surface area contributed by atoms with E-state index in [-0.39, 0.29) is 12.1 Å². The average Bonchev–Trinajstić information content (AvgIpc) is 3.68. The summed E-state index contributed by atoms with van der Waals surface area (Å²) in [6.07, 6.45) is 2.60. The molecule has 328 valence electrons. The molecule has 3 aliphatic heterocycles. The number of aryl methyl sites for hydroxylation is 3. The van der Waals surface area contributed by atoms with Crippen LogP contribution in [0.25, 0.3) is 16.1 Å². The Kier molecular flexibility index (Phi) is 11.7. The third kappa shape index (κ3) is 8.17. The first-order valence-electron chi connectivity index (χ1n) is 22.2. The second-order valence-corrected chi connectivity index (χ2v) is 19.5. The molecule has 1 N–H and O–H groups in total. The van der Waals surface area contributed by atoms with Crippen molar-refractivity contribution >= 4 is 63.1 Å². The van der Waals surface area contributed by atoms with Crippen LogP contribution in [0.3, 0.4) is 0 Å². The number of carboxylic acid groups (broad SMARTS) is 1. The van der Waals surface area contributed by atoms with Gasteiger partial charge in [0.05, 0.1) is 11.3 Å². The maximum absolute atomic E-state index is 11.9. The van der Waals surface area contributed by atoms with Crippen LogP contribution in [-0.4, -0.2) is 99.8 Å². The monoisotopic (exact) mass is 911 g/mol. The molecule has 0 amide bonds. The van der Waals surface area contributed by atoms with Crippen molar-refractivity contribution in [2.45, 2.75) is 59.1 Å². The standard InChI is InChI=1S/C51H51Cl2N7O3S/c1-30-32(3)64-50-46(30)48(54-31(2)49-56-55-33(4)60(49)50)35-8-14-39(15-9-35)59-24-22-57(23-25-59)20-21-58-28-41(29-58)63-40-16-10-34(11-17-40)47-42-18-12-37(51(61)62)26-36(42)6-5-7-44(47)43-19-13-38(52)27-45(43)53/h8-19,26-27,31,41H,5-7,20-25,28-29H2,1-4H3,(H,61,62)/t31-/m0/s1. The molecule has 2 saturated heterocycles. The highest BCUT2D eigenvalue weighted by molar-refractivity contribution is 7.15. The van der Waals surface area contributed by atoms with E-state index in [1.165, 1.54) is 21.7 Å². The van der Waals surface area contributed by atoms with Gasteiger partial charge in [0.1, 0.15) is 28.7 Å². The molecule has 4 aromatic carbocycles.